The first kappa shape index (κ1) is 18.0. The molecule has 0 aliphatic carbocycles. The van der Waals surface area contributed by atoms with Gasteiger partial charge in [0.1, 0.15) is 0 Å². The first-order valence-corrected chi connectivity index (χ1v) is 7.47. The second-order valence-corrected chi connectivity index (χ2v) is 5.59. The van der Waals surface area contributed by atoms with Crippen LogP contribution in [0.3, 0.4) is 0 Å². The van der Waals surface area contributed by atoms with Gasteiger partial charge in [0, 0.05) is 31.2 Å². The van der Waals surface area contributed by atoms with Gasteiger partial charge in [0.2, 0.25) is 0 Å². The quantitative estimate of drug-likeness (QED) is 0.756. The predicted octanol–water partition coefficient (Wildman–Crippen LogP) is 2.50. The summed E-state index contributed by atoms with van der Waals surface area (Å²) >= 11 is 0. The summed E-state index contributed by atoms with van der Waals surface area (Å²) in [7, 11) is 5.85. The number of rotatable bonds is 9. The standard InChI is InChI=1S/C16H27F2N3/c1-5-9-21(11-10-20(3)4)12-15(19-2)13-7-6-8-14(17)16(13)18/h6-8,15,19H,5,9-12H2,1-4H3. The Labute approximate surface area is 126 Å². The first-order valence-electron chi connectivity index (χ1n) is 7.47. The lowest BCUT2D eigenvalue weighted by atomic mass is 10.1. The minimum atomic E-state index is -0.789. The van der Waals surface area contributed by atoms with Gasteiger partial charge in [0.25, 0.3) is 0 Å². The second kappa shape index (κ2) is 9.07. The highest BCUT2D eigenvalue weighted by molar-refractivity contribution is 5.22. The number of hydrogen-bond acceptors (Lipinski definition) is 3. The van der Waals surface area contributed by atoms with Crippen LogP contribution in [0.1, 0.15) is 24.9 Å². The average Bonchev–Trinajstić information content (AvgIpc) is 2.45. The molecule has 0 saturated carbocycles. The molecule has 0 aromatic heterocycles. The molecule has 1 aromatic rings. The summed E-state index contributed by atoms with van der Waals surface area (Å²) in [5, 5.41) is 3.10. The Morgan fingerprint density at radius 3 is 2.43 bits per heavy atom. The SMILES string of the molecule is CCCN(CCN(C)C)CC(NC)c1cccc(F)c1F. The third-order valence-corrected chi connectivity index (χ3v) is 3.55. The van der Waals surface area contributed by atoms with E-state index in [0.717, 1.165) is 32.1 Å². The van der Waals surface area contributed by atoms with Crippen LogP contribution >= 0.6 is 0 Å². The van der Waals surface area contributed by atoms with Crippen LogP contribution in [0.15, 0.2) is 18.2 Å². The molecule has 5 heteroatoms. The Kier molecular flexibility index (Phi) is 7.78. The van der Waals surface area contributed by atoms with Crippen molar-refractivity contribution in [2.45, 2.75) is 19.4 Å². The number of halogens is 2. The fourth-order valence-corrected chi connectivity index (χ4v) is 2.34. The molecule has 0 aliphatic heterocycles. The molecule has 21 heavy (non-hydrogen) atoms. The summed E-state index contributed by atoms with van der Waals surface area (Å²) in [6.07, 6.45) is 1.04. The summed E-state index contributed by atoms with van der Waals surface area (Å²) in [4.78, 5) is 4.41. The molecule has 1 rings (SSSR count). The Bertz CT molecular complexity index is 424. The second-order valence-electron chi connectivity index (χ2n) is 5.59. The van der Waals surface area contributed by atoms with Crippen molar-refractivity contribution in [1.29, 1.82) is 0 Å². The van der Waals surface area contributed by atoms with E-state index in [1.807, 2.05) is 14.1 Å². The zero-order valence-corrected chi connectivity index (χ0v) is 13.5. The summed E-state index contributed by atoms with van der Waals surface area (Å²) in [5.41, 5.74) is 0.392. The lowest BCUT2D eigenvalue weighted by molar-refractivity contribution is 0.219. The van der Waals surface area contributed by atoms with Crippen molar-refractivity contribution >= 4 is 0 Å². The van der Waals surface area contributed by atoms with Crippen LogP contribution in [-0.2, 0) is 0 Å². The van der Waals surface area contributed by atoms with Gasteiger partial charge in [-0.25, -0.2) is 8.78 Å². The van der Waals surface area contributed by atoms with Crippen molar-refractivity contribution in [2.24, 2.45) is 0 Å². The van der Waals surface area contributed by atoms with Crippen LogP contribution < -0.4 is 5.32 Å². The van der Waals surface area contributed by atoms with Gasteiger partial charge in [-0.1, -0.05) is 19.1 Å². The Morgan fingerprint density at radius 1 is 1.14 bits per heavy atom. The maximum absolute atomic E-state index is 13.9. The van der Waals surface area contributed by atoms with Crippen LogP contribution in [0.5, 0.6) is 0 Å². The lowest BCUT2D eigenvalue weighted by Gasteiger charge is -2.28. The van der Waals surface area contributed by atoms with Crippen molar-refractivity contribution < 1.29 is 8.78 Å². The number of nitrogens with zero attached hydrogens (tertiary/aromatic N) is 2. The van der Waals surface area contributed by atoms with Gasteiger partial charge in [-0.3, -0.25) is 0 Å². The van der Waals surface area contributed by atoms with E-state index < -0.39 is 11.6 Å². The Balaban J connectivity index is 2.79. The highest BCUT2D eigenvalue weighted by Crippen LogP contribution is 2.20. The van der Waals surface area contributed by atoms with E-state index in [4.69, 9.17) is 0 Å². The highest BCUT2D eigenvalue weighted by atomic mass is 19.2. The van der Waals surface area contributed by atoms with Crippen LogP contribution in [0.2, 0.25) is 0 Å². The third kappa shape index (κ3) is 5.69. The summed E-state index contributed by atoms with van der Waals surface area (Å²) in [6, 6.07) is 4.15. The molecule has 0 bridgehead atoms. The van der Waals surface area contributed by atoms with E-state index in [1.54, 1.807) is 19.2 Å². The maximum atomic E-state index is 13.9. The van der Waals surface area contributed by atoms with E-state index in [-0.39, 0.29) is 6.04 Å². The molecule has 1 aromatic carbocycles. The normalized spacial score (nSPS) is 13.1. The van der Waals surface area contributed by atoms with Gasteiger partial charge in [-0.05, 0) is 40.2 Å². The Hall–Kier alpha value is -1.04. The Morgan fingerprint density at radius 2 is 1.86 bits per heavy atom. The molecular formula is C16H27F2N3. The lowest BCUT2D eigenvalue weighted by Crippen LogP contribution is -2.38. The number of nitrogens with one attached hydrogen (secondary N) is 1. The molecule has 0 saturated heterocycles. The molecule has 120 valence electrons. The minimum absolute atomic E-state index is 0.214. The molecule has 3 nitrogen and oxygen atoms in total. The van der Waals surface area contributed by atoms with Gasteiger partial charge in [-0.15, -0.1) is 0 Å². The van der Waals surface area contributed by atoms with Crippen molar-refractivity contribution in [2.75, 3.05) is 47.3 Å². The van der Waals surface area contributed by atoms with E-state index in [0.29, 0.717) is 12.1 Å². The largest absolute Gasteiger partial charge is 0.312 e. The zero-order chi connectivity index (χ0) is 15.8. The molecule has 1 atom stereocenters. The van der Waals surface area contributed by atoms with Crippen LogP contribution in [0, 0.1) is 11.6 Å². The molecule has 0 aliphatic rings. The predicted molar refractivity (Wildman–Crippen MR) is 83.4 cm³/mol. The third-order valence-electron chi connectivity index (χ3n) is 3.55. The van der Waals surface area contributed by atoms with Gasteiger partial charge in [0.05, 0.1) is 0 Å². The molecule has 0 heterocycles. The first-order chi connectivity index (χ1) is 9.99. The van der Waals surface area contributed by atoms with Gasteiger partial charge in [0.15, 0.2) is 11.6 Å². The monoisotopic (exact) mass is 299 g/mol. The molecule has 1 N–H and O–H groups in total. The van der Waals surface area contributed by atoms with Crippen LogP contribution in [0.25, 0.3) is 0 Å². The van der Waals surface area contributed by atoms with E-state index in [9.17, 15) is 8.78 Å². The summed E-state index contributed by atoms with van der Waals surface area (Å²) < 4.78 is 27.3. The molecule has 1 unspecified atom stereocenters. The van der Waals surface area contributed by atoms with Crippen molar-refractivity contribution in [3.8, 4) is 0 Å². The average molecular weight is 299 g/mol. The number of hydrogen-bond donors (Lipinski definition) is 1. The number of likely N-dealkylation sites (N-methyl/N-ethyl adjacent to an activating group) is 2. The van der Waals surface area contributed by atoms with Gasteiger partial charge >= 0.3 is 0 Å². The van der Waals surface area contributed by atoms with Crippen LogP contribution in [0.4, 0.5) is 8.78 Å². The van der Waals surface area contributed by atoms with E-state index in [1.165, 1.54) is 0 Å². The molecule has 0 fully saturated rings. The summed E-state index contributed by atoms with van der Waals surface area (Å²) in [6.45, 7) is 5.60. The fourth-order valence-electron chi connectivity index (χ4n) is 2.34. The zero-order valence-electron chi connectivity index (χ0n) is 13.5. The van der Waals surface area contributed by atoms with Crippen molar-refractivity contribution in [1.82, 2.24) is 15.1 Å². The number of benzene rings is 1. The van der Waals surface area contributed by atoms with Gasteiger partial charge in [-0.2, -0.15) is 0 Å². The molecule has 0 amide bonds. The van der Waals surface area contributed by atoms with E-state index in [2.05, 4.69) is 22.0 Å². The molecular weight excluding hydrogens is 272 g/mol. The summed E-state index contributed by atoms with van der Waals surface area (Å²) in [5.74, 6) is -1.54. The highest BCUT2D eigenvalue weighted by Gasteiger charge is 2.19. The molecule has 0 radical (unpaired) electrons. The van der Waals surface area contributed by atoms with Gasteiger partial charge < -0.3 is 15.1 Å². The van der Waals surface area contributed by atoms with Crippen molar-refractivity contribution in [3.63, 3.8) is 0 Å². The maximum Gasteiger partial charge on any atom is 0.163 e. The smallest absolute Gasteiger partial charge is 0.163 e. The molecule has 0 spiro atoms. The fraction of sp³-hybridized carbons (Fsp3) is 0.625. The van der Waals surface area contributed by atoms with Crippen LogP contribution in [-0.4, -0.2) is 57.1 Å². The topological polar surface area (TPSA) is 18.5 Å². The van der Waals surface area contributed by atoms with E-state index >= 15 is 0 Å². The van der Waals surface area contributed by atoms with Crippen molar-refractivity contribution in [3.05, 3.63) is 35.4 Å². The minimum Gasteiger partial charge on any atom is -0.312 e.